The number of anilines is 1. The predicted molar refractivity (Wildman–Crippen MR) is 148 cm³/mol. The minimum absolute atomic E-state index is 0.0229. The van der Waals surface area contributed by atoms with Crippen LogP contribution in [0.15, 0.2) is 88.3 Å². The predicted octanol–water partition coefficient (Wildman–Crippen LogP) is 5.39. The molecule has 0 bridgehead atoms. The van der Waals surface area contributed by atoms with E-state index in [2.05, 4.69) is 15.2 Å². The zero-order chi connectivity index (χ0) is 28.2. The molecule has 11 heteroatoms. The molecule has 0 saturated carbocycles. The van der Waals surface area contributed by atoms with Crippen molar-refractivity contribution < 1.29 is 27.3 Å². The summed E-state index contributed by atoms with van der Waals surface area (Å²) in [6.07, 6.45) is 0. The smallest absolute Gasteiger partial charge is 0.324 e. The van der Waals surface area contributed by atoms with Crippen molar-refractivity contribution in [2.24, 2.45) is 5.92 Å². The van der Waals surface area contributed by atoms with Crippen LogP contribution in [-0.2, 0) is 19.6 Å². The fourth-order valence-electron chi connectivity index (χ4n) is 3.72. The van der Waals surface area contributed by atoms with Crippen LogP contribution in [0.3, 0.4) is 0 Å². The number of hydrogen-bond donors (Lipinski definition) is 2. The molecule has 4 rings (SSSR count). The van der Waals surface area contributed by atoms with Crippen LogP contribution < -0.4 is 10.0 Å². The Labute approximate surface area is 231 Å². The van der Waals surface area contributed by atoms with Crippen molar-refractivity contribution in [1.82, 2.24) is 9.88 Å². The van der Waals surface area contributed by atoms with Crippen LogP contribution in [0.4, 0.5) is 5.69 Å². The van der Waals surface area contributed by atoms with Gasteiger partial charge in [-0.15, -0.1) is 0 Å². The number of rotatable bonds is 9. The number of ether oxygens (including phenoxy) is 1. The summed E-state index contributed by atoms with van der Waals surface area (Å²) >= 11 is 5.91. The number of carbonyl (C=O) groups excluding carboxylic acids is 2. The summed E-state index contributed by atoms with van der Waals surface area (Å²) in [6, 6.07) is 20.9. The van der Waals surface area contributed by atoms with Crippen molar-refractivity contribution in [3.8, 4) is 22.4 Å². The molecule has 0 radical (unpaired) electrons. The topological polar surface area (TPSA) is 128 Å². The van der Waals surface area contributed by atoms with Gasteiger partial charge in [-0.2, -0.15) is 4.72 Å². The molecule has 1 amide bonds. The molecule has 1 unspecified atom stereocenters. The SMILES string of the molecule is COC(=O)C(NS(=O)(=O)c1ccc(-c2ccc(NC(=O)c3cc(-c4ccc(Cl)cc4)no3)cc2)cc1)C(C)C. The van der Waals surface area contributed by atoms with Gasteiger partial charge < -0.3 is 14.6 Å². The van der Waals surface area contributed by atoms with E-state index in [0.29, 0.717) is 16.4 Å². The molecule has 0 aliphatic rings. The Morgan fingerprint density at radius 3 is 2.03 bits per heavy atom. The third kappa shape index (κ3) is 6.72. The molecule has 9 nitrogen and oxygen atoms in total. The lowest BCUT2D eigenvalue weighted by Gasteiger charge is -2.19. The van der Waals surface area contributed by atoms with Gasteiger partial charge in [0.05, 0.1) is 12.0 Å². The highest BCUT2D eigenvalue weighted by Gasteiger charge is 2.29. The van der Waals surface area contributed by atoms with Gasteiger partial charge in [-0.25, -0.2) is 8.42 Å². The van der Waals surface area contributed by atoms with E-state index < -0.39 is 27.9 Å². The van der Waals surface area contributed by atoms with Crippen molar-refractivity contribution >= 4 is 39.2 Å². The summed E-state index contributed by atoms with van der Waals surface area (Å²) < 4.78 is 37.9. The Bertz CT molecular complexity index is 1570. The molecular formula is C28H26ClN3O6S. The lowest BCUT2D eigenvalue weighted by Crippen LogP contribution is -2.44. The molecule has 0 aliphatic heterocycles. The number of carbonyl (C=O) groups is 2. The first-order valence-electron chi connectivity index (χ1n) is 11.9. The number of halogens is 1. The van der Waals surface area contributed by atoms with Crippen LogP contribution in [0, 0.1) is 5.92 Å². The van der Waals surface area contributed by atoms with Crippen molar-refractivity contribution in [2.75, 3.05) is 12.4 Å². The number of sulfonamides is 1. The first kappa shape index (κ1) is 28.0. The number of methoxy groups -OCH3 is 1. The van der Waals surface area contributed by atoms with Gasteiger partial charge in [0, 0.05) is 22.3 Å². The van der Waals surface area contributed by atoms with E-state index in [9.17, 15) is 18.0 Å². The quantitative estimate of drug-likeness (QED) is 0.259. The molecule has 1 heterocycles. The average molecular weight is 568 g/mol. The normalized spacial score (nSPS) is 12.2. The Balaban J connectivity index is 1.42. The van der Waals surface area contributed by atoms with Gasteiger partial charge in [0.1, 0.15) is 11.7 Å². The summed E-state index contributed by atoms with van der Waals surface area (Å²) in [5, 5.41) is 7.30. The van der Waals surface area contributed by atoms with Crippen molar-refractivity contribution in [3.63, 3.8) is 0 Å². The van der Waals surface area contributed by atoms with Gasteiger partial charge in [-0.3, -0.25) is 9.59 Å². The number of amides is 1. The molecule has 3 aromatic carbocycles. The molecule has 4 aromatic rings. The summed E-state index contributed by atoms with van der Waals surface area (Å²) in [5.41, 5.74) is 3.40. The zero-order valence-electron chi connectivity index (χ0n) is 21.3. The highest BCUT2D eigenvalue weighted by atomic mass is 35.5. The van der Waals surface area contributed by atoms with Crippen LogP contribution in [0.2, 0.25) is 5.02 Å². The maximum Gasteiger partial charge on any atom is 0.324 e. The molecule has 202 valence electrons. The van der Waals surface area contributed by atoms with Gasteiger partial charge in [0.2, 0.25) is 15.8 Å². The van der Waals surface area contributed by atoms with Crippen molar-refractivity contribution in [2.45, 2.75) is 24.8 Å². The van der Waals surface area contributed by atoms with Gasteiger partial charge >= 0.3 is 5.97 Å². The summed E-state index contributed by atoms with van der Waals surface area (Å²) in [6.45, 7) is 3.45. The Morgan fingerprint density at radius 2 is 1.46 bits per heavy atom. The summed E-state index contributed by atoms with van der Waals surface area (Å²) in [5.74, 6) is -1.34. The van der Waals surface area contributed by atoms with Crippen LogP contribution in [0.1, 0.15) is 24.4 Å². The van der Waals surface area contributed by atoms with Crippen LogP contribution in [0.5, 0.6) is 0 Å². The number of nitrogens with one attached hydrogen (secondary N) is 2. The second-order valence-corrected chi connectivity index (χ2v) is 11.2. The monoisotopic (exact) mass is 567 g/mol. The molecule has 0 spiro atoms. The number of nitrogens with zero attached hydrogens (tertiary/aromatic N) is 1. The van der Waals surface area contributed by atoms with Crippen molar-refractivity contribution in [3.05, 3.63) is 89.6 Å². The maximum atomic E-state index is 12.8. The fraction of sp³-hybridized carbons (Fsp3) is 0.179. The number of benzene rings is 3. The zero-order valence-corrected chi connectivity index (χ0v) is 22.9. The second-order valence-electron chi connectivity index (χ2n) is 9.01. The van der Waals surface area contributed by atoms with Gasteiger partial charge in [0.15, 0.2) is 0 Å². The number of aromatic nitrogens is 1. The van der Waals surface area contributed by atoms with E-state index in [0.717, 1.165) is 16.7 Å². The minimum atomic E-state index is -3.94. The van der Waals surface area contributed by atoms with E-state index in [-0.39, 0.29) is 16.6 Å². The van der Waals surface area contributed by atoms with E-state index in [1.165, 1.54) is 19.2 Å². The second kappa shape index (κ2) is 11.8. The third-order valence-corrected chi connectivity index (χ3v) is 7.63. The Hall–Kier alpha value is -3.99. The Kier molecular flexibility index (Phi) is 8.49. The van der Waals surface area contributed by atoms with E-state index in [1.54, 1.807) is 80.6 Å². The summed E-state index contributed by atoms with van der Waals surface area (Å²) in [4.78, 5) is 24.6. The van der Waals surface area contributed by atoms with Crippen LogP contribution in [-0.4, -0.2) is 38.6 Å². The van der Waals surface area contributed by atoms with Crippen LogP contribution >= 0.6 is 11.6 Å². The first-order chi connectivity index (χ1) is 18.6. The highest BCUT2D eigenvalue weighted by Crippen LogP contribution is 2.25. The maximum absolute atomic E-state index is 12.8. The van der Waals surface area contributed by atoms with Gasteiger partial charge in [0.25, 0.3) is 5.91 Å². The van der Waals surface area contributed by atoms with Crippen molar-refractivity contribution in [1.29, 1.82) is 0 Å². The molecule has 2 N–H and O–H groups in total. The number of esters is 1. The van der Waals surface area contributed by atoms with E-state index in [1.807, 2.05) is 0 Å². The minimum Gasteiger partial charge on any atom is -0.468 e. The molecule has 39 heavy (non-hydrogen) atoms. The van der Waals surface area contributed by atoms with E-state index in [4.69, 9.17) is 20.9 Å². The lowest BCUT2D eigenvalue weighted by atomic mass is 10.1. The largest absolute Gasteiger partial charge is 0.468 e. The molecule has 0 aliphatic carbocycles. The highest BCUT2D eigenvalue weighted by molar-refractivity contribution is 7.89. The Morgan fingerprint density at radius 1 is 0.897 bits per heavy atom. The first-order valence-corrected chi connectivity index (χ1v) is 13.8. The van der Waals surface area contributed by atoms with Crippen LogP contribution in [0.25, 0.3) is 22.4 Å². The number of hydrogen-bond acceptors (Lipinski definition) is 7. The molecule has 1 atom stereocenters. The average Bonchev–Trinajstić information content (AvgIpc) is 3.43. The van der Waals surface area contributed by atoms with Gasteiger partial charge in [-0.05, 0) is 53.4 Å². The fourth-order valence-corrected chi connectivity index (χ4v) is 5.18. The van der Waals surface area contributed by atoms with E-state index >= 15 is 0 Å². The molecule has 0 fully saturated rings. The third-order valence-electron chi connectivity index (χ3n) is 5.92. The van der Waals surface area contributed by atoms with Gasteiger partial charge in [-0.1, -0.05) is 67.0 Å². The molecule has 0 saturated heterocycles. The standard InChI is InChI=1S/C28H26ClN3O6S/c1-17(2)26(28(34)37-3)32-39(35,36)23-14-8-19(9-15-23)18-6-12-22(13-7-18)30-27(33)25-16-24(31-38-25)20-4-10-21(29)11-5-20/h4-17,26,32H,1-3H3,(H,30,33). The lowest BCUT2D eigenvalue weighted by molar-refractivity contribution is -0.143. The molecular weight excluding hydrogens is 542 g/mol. The summed E-state index contributed by atoms with van der Waals surface area (Å²) in [7, 11) is -2.73. The molecule has 1 aromatic heterocycles.